The van der Waals surface area contributed by atoms with Gasteiger partial charge in [-0.15, -0.1) is 0 Å². The molecule has 0 N–H and O–H groups in total. The molecular weight excluding hydrogens is 436 g/mol. The first-order chi connectivity index (χ1) is 15.9. The second-order valence-corrected chi connectivity index (χ2v) is 8.93. The Morgan fingerprint density at radius 1 is 1.18 bits per heavy atom. The van der Waals surface area contributed by atoms with Crippen LogP contribution in [-0.2, 0) is 4.74 Å². The summed E-state index contributed by atoms with van der Waals surface area (Å²) in [5.74, 6) is 1.21. The van der Waals surface area contributed by atoms with Crippen molar-refractivity contribution < 1.29 is 9.47 Å². The lowest BCUT2D eigenvalue weighted by Gasteiger charge is -2.20. The second-order valence-electron chi connectivity index (χ2n) is 8.10. The van der Waals surface area contributed by atoms with E-state index in [0.717, 1.165) is 51.7 Å². The Labute approximate surface area is 197 Å². The summed E-state index contributed by atoms with van der Waals surface area (Å²) in [7, 11) is 1.62. The molecule has 0 fully saturated rings. The van der Waals surface area contributed by atoms with E-state index in [1.54, 1.807) is 19.5 Å². The fourth-order valence-electron chi connectivity index (χ4n) is 4.06. The van der Waals surface area contributed by atoms with E-state index in [-0.39, 0.29) is 11.8 Å². The molecule has 4 rings (SSSR count). The number of hydrogen-bond donors (Lipinski definition) is 0. The molecule has 0 saturated heterocycles. The summed E-state index contributed by atoms with van der Waals surface area (Å²) < 4.78 is 18.4. The van der Waals surface area contributed by atoms with Gasteiger partial charge in [-0.25, -0.2) is 9.67 Å². The number of unbranched alkanes of at least 4 members (excludes halogenated alkanes) is 1. The molecule has 0 radical (unpaired) electrons. The van der Waals surface area contributed by atoms with E-state index in [2.05, 4.69) is 21.4 Å². The number of fused-ring (bicyclic) bond motifs is 1. The van der Waals surface area contributed by atoms with Crippen LogP contribution in [-0.4, -0.2) is 26.2 Å². The van der Waals surface area contributed by atoms with Crippen molar-refractivity contribution in [3.8, 4) is 22.8 Å². The molecule has 3 aromatic heterocycles. The Bertz CT molecular complexity index is 1350. The van der Waals surface area contributed by atoms with Gasteiger partial charge in [0.1, 0.15) is 5.75 Å². The predicted molar refractivity (Wildman–Crippen MR) is 131 cm³/mol. The molecule has 0 aliphatic carbocycles. The molecule has 7 nitrogen and oxygen atoms in total. The first-order valence-electron chi connectivity index (χ1n) is 11.1. The number of hydrogen-bond acceptors (Lipinski definition) is 7. The molecule has 0 spiro atoms. The third kappa shape index (κ3) is 4.54. The summed E-state index contributed by atoms with van der Waals surface area (Å²) in [6, 6.07) is 7.75. The van der Waals surface area contributed by atoms with E-state index in [9.17, 15) is 4.79 Å². The number of rotatable bonds is 8. The molecule has 1 unspecified atom stereocenters. The SMILES string of the molecule is CCCCC(OC)n1nc(C)c(-c2ccc(Oc3nccc4sncc34)cc2C)c(C)c1=O. The largest absolute Gasteiger partial charge is 0.438 e. The minimum absolute atomic E-state index is 0.126. The van der Waals surface area contributed by atoms with Gasteiger partial charge in [-0.05, 0) is 74.5 Å². The molecule has 0 bridgehead atoms. The van der Waals surface area contributed by atoms with E-state index in [0.29, 0.717) is 17.2 Å². The number of aryl methyl sites for hydroxylation is 2. The lowest BCUT2D eigenvalue weighted by atomic mass is 9.96. The van der Waals surface area contributed by atoms with Crippen LogP contribution in [0.2, 0.25) is 0 Å². The highest BCUT2D eigenvalue weighted by Gasteiger charge is 2.20. The molecule has 0 amide bonds. The zero-order valence-electron chi connectivity index (χ0n) is 19.6. The van der Waals surface area contributed by atoms with Crippen LogP contribution in [0.25, 0.3) is 21.2 Å². The summed E-state index contributed by atoms with van der Waals surface area (Å²) in [5, 5.41) is 5.51. The molecule has 0 aliphatic rings. The van der Waals surface area contributed by atoms with Crippen molar-refractivity contribution in [3.05, 3.63) is 63.8 Å². The fourth-order valence-corrected chi connectivity index (χ4v) is 4.69. The Hall–Kier alpha value is -3.10. The quantitative estimate of drug-likeness (QED) is 0.320. The molecule has 172 valence electrons. The third-order valence-electron chi connectivity index (χ3n) is 5.80. The average Bonchev–Trinajstić information content (AvgIpc) is 3.29. The highest BCUT2D eigenvalue weighted by Crippen LogP contribution is 2.34. The Morgan fingerprint density at radius 2 is 2.00 bits per heavy atom. The van der Waals surface area contributed by atoms with Crippen LogP contribution in [0.4, 0.5) is 0 Å². The van der Waals surface area contributed by atoms with E-state index in [4.69, 9.17) is 9.47 Å². The van der Waals surface area contributed by atoms with E-state index in [1.807, 2.05) is 45.0 Å². The molecule has 0 aliphatic heterocycles. The van der Waals surface area contributed by atoms with Gasteiger partial charge in [0.25, 0.3) is 5.56 Å². The zero-order chi connectivity index (χ0) is 23.5. The number of benzene rings is 1. The molecule has 4 aromatic rings. The van der Waals surface area contributed by atoms with Crippen LogP contribution < -0.4 is 10.3 Å². The number of pyridine rings is 1. The second kappa shape index (κ2) is 9.80. The predicted octanol–water partition coefficient (Wildman–Crippen LogP) is 5.97. The number of aromatic nitrogens is 4. The topological polar surface area (TPSA) is 79.1 Å². The maximum atomic E-state index is 13.2. The fraction of sp³-hybridized carbons (Fsp3) is 0.360. The van der Waals surface area contributed by atoms with Crippen LogP contribution in [0.3, 0.4) is 0 Å². The van der Waals surface area contributed by atoms with E-state index < -0.39 is 0 Å². The molecule has 1 aromatic carbocycles. The van der Waals surface area contributed by atoms with E-state index >= 15 is 0 Å². The van der Waals surface area contributed by atoms with Gasteiger partial charge in [-0.2, -0.15) is 9.47 Å². The molecule has 3 heterocycles. The molecule has 1 atom stereocenters. The van der Waals surface area contributed by atoms with Crippen molar-refractivity contribution in [2.75, 3.05) is 7.11 Å². The summed E-state index contributed by atoms with van der Waals surface area (Å²) in [6.45, 7) is 7.91. The van der Waals surface area contributed by atoms with Gasteiger partial charge in [0.05, 0.1) is 22.0 Å². The maximum absolute atomic E-state index is 13.2. The highest BCUT2D eigenvalue weighted by molar-refractivity contribution is 7.13. The summed E-state index contributed by atoms with van der Waals surface area (Å²) in [4.78, 5) is 17.5. The average molecular weight is 465 g/mol. The Kier molecular flexibility index (Phi) is 6.85. The molecule has 0 saturated carbocycles. The van der Waals surface area contributed by atoms with Gasteiger partial charge in [0.15, 0.2) is 6.23 Å². The Balaban J connectivity index is 1.69. The van der Waals surface area contributed by atoms with Crippen LogP contribution in [0.1, 0.15) is 49.2 Å². The lowest BCUT2D eigenvalue weighted by molar-refractivity contribution is 0.0207. The smallest absolute Gasteiger partial charge is 0.272 e. The number of nitrogens with zero attached hydrogens (tertiary/aromatic N) is 4. The molecule has 8 heteroatoms. The minimum Gasteiger partial charge on any atom is -0.438 e. The van der Waals surface area contributed by atoms with Crippen molar-refractivity contribution in [2.45, 2.75) is 53.2 Å². The van der Waals surface area contributed by atoms with Gasteiger partial charge in [-0.1, -0.05) is 19.4 Å². The lowest BCUT2D eigenvalue weighted by Crippen LogP contribution is -2.31. The van der Waals surface area contributed by atoms with Crippen LogP contribution >= 0.6 is 11.5 Å². The highest BCUT2D eigenvalue weighted by atomic mass is 32.1. The molecular formula is C25H28N4O3S. The first kappa shape index (κ1) is 23.1. The zero-order valence-corrected chi connectivity index (χ0v) is 20.4. The summed E-state index contributed by atoms with van der Waals surface area (Å²) >= 11 is 1.41. The van der Waals surface area contributed by atoms with Gasteiger partial charge in [0.2, 0.25) is 5.88 Å². The van der Waals surface area contributed by atoms with Crippen LogP contribution in [0.5, 0.6) is 11.6 Å². The first-order valence-corrected chi connectivity index (χ1v) is 11.8. The minimum atomic E-state index is -0.359. The van der Waals surface area contributed by atoms with Crippen molar-refractivity contribution in [3.63, 3.8) is 0 Å². The van der Waals surface area contributed by atoms with Gasteiger partial charge in [0, 0.05) is 24.4 Å². The maximum Gasteiger partial charge on any atom is 0.272 e. The van der Waals surface area contributed by atoms with Crippen LogP contribution in [0.15, 0.2) is 41.5 Å². The molecule has 33 heavy (non-hydrogen) atoms. The number of ether oxygens (including phenoxy) is 2. The van der Waals surface area contributed by atoms with Crippen molar-refractivity contribution in [2.24, 2.45) is 0 Å². The summed E-state index contributed by atoms with van der Waals surface area (Å²) in [6.07, 6.45) is 5.89. The van der Waals surface area contributed by atoms with Crippen LogP contribution in [0, 0.1) is 20.8 Å². The number of methoxy groups -OCH3 is 1. The van der Waals surface area contributed by atoms with Gasteiger partial charge >= 0.3 is 0 Å². The Morgan fingerprint density at radius 3 is 2.73 bits per heavy atom. The normalized spacial score (nSPS) is 12.3. The van der Waals surface area contributed by atoms with Gasteiger partial charge < -0.3 is 9.47 Å². The third-order valence-corrected chi connectivity index (χ3v) is 6.56. The monoisotopic (exact) mass is 464 g/mol. The summed E-state index contributed by atoms with van der Waals surface area (Å²) in [5.41, 5.74) is 4.13. The van der Waals surface area contributed by atoms with E-state index in [1.165, 1.54) is 16.2 Å². The van der Waals surface area contributed by atoms with Crippen molar-refractivity contribution >= 4 is 21.6 Å². The van der Waals surface area contributed by atoms with Crippen molar-refractivity contribution in [1.29, 1.82) is 0 Å². The van der Waals surface area contributed by atoms with Gasteiger partial charge in [-0.3, -0.25) is 4.79 Å². The van der Waals surface area contributed by atoms with Crippen molar-refractivity contribution in [1.82, 2.24) is 19.1 Å². The standard InChI is InChI=1S/C25H28N4O3S/c1-6-7-8-22(31-5)29-25(30)16(3)23(17(4)28-29)19-10-9-18(13-15(19)2)32-24-20-14-27-33-21(20)11-12-26-24/h9-14,22H,6-8H2,1-5H3.